The standard InChI is InChI=1S/C28H32Cl2N8O4/c1-5-24(39)38(31)19-12-17(16-8-10-32-11-9-16)6-7-18(19)35-22-14-23(34-15-33-22)37(2)28(40)36-27-25(29)20(41-3)13-21(42-4)26(27)30/h5-7,12-16,32H,1,8-11,31H2,2-4H3,(H,36,40)(H,33,34,35). The van der Waals surface area contributed by atoms with Crippen LogP contribution in [0.5, 0.6) is 11.5 Å². The number of methoxy groups -OCH3 is 2. The number of carbonyl (C=O) groups excluding carboxylic acids is 2. The van der Waals surface area contributed by atoms with Crippen molar-refractivity contribution in [2.75, 3.05) is 54.9 Å². The highest BCUT2D eigenvalue weighted by Crippen LogP contribution is 2.44. The van der Waals surface area contributed by atoms with Crippen LogP contribution in [0.3, 0.4) is 0 Å². The van der Waals surface area contributed by atoms with Gasteiger partial charge in [0.25, 0.3) is 5.91 Å². The molecule has 1 aliphatic rings. The van der Waals surface area contributed by atoms with Gasteiger partial charge in [-0.15, -0.1) is 0 Å². The number of ether oxygens (including phenoxy) is 2. The maximum atomic E-state index is 13.2. The van der Waals surface area contributed by atoms with Gasteiger partial charge in [-0.3, -0.25) is 9.69 Å². The molecule has 0 spiro atoms. The Bertz CT molecular complexity index is 1450. The quantitative estimate of drug-likeness (QED) is 0.112. The molecule has 1 aliphatic heterocycles. The van der Waals surface area contributed by atoms with E-state index >= 15 is 0 Å². The van der Waals surface area contributed by atoms with Gasteiger partial charge in [-0.1, -0.05) is 35.8 Å². The number of hydrogen-bond donors (Lipinski definition) is 4. The summed E-state index contributed by atoms with van der Waals surface area (Å²) >= 11 is 12.8. The minimum Gasteiger partial charge on any atom is -0.495 e. The molecular weight excluding hydrogens is 583 g/mol. The van der Waals surface area contributed by atoms with Crippen LogP contribution < -0.4 is 41.2 Å². The molecule has 1 saturated heterocycles. The molecule has 14 heteroatoms. The summed E-state index contributed by atoms with van der Waals surface area (Å²) in [7, 11) is 4.39. The molecular formula is C28H32Cl2N8O4. The second-order valence-electron chi connectivity index (χ2n) is 9.37. The third-order valence-corrected chi connectivity index (χ3v) is 7.62. The van der Waals surface area contributed by atoms with Gasteiger partial charge >= 0.3 is 6.03 Å². The van der Waals surface area contributed by atoms with Gasteiger partial charge < -0.3 is 25.4 Å². The molecule has 0 radical (unpaired) electrons. The number of piperidine rings is 1. The minimum absolute atomic E-state index is 0.107. The SMILES string of the molecule is C=CC(=O)N(N)c1cc(C2CCNCC2)ccc1Nc1cc(N(C)C(=O)Nc2c(Cl)c(OC)cc(OC)c2Cl)ncn1. The van der Waals surface area contributed by atoms with E-state index in [1.165, 1.54) is 38.6 Å². The van der Waals surface area contributed by atoms with Gasteiger partial charge in [-0.25, -0.2) is 25.6 Å². The summed E-state index contributed by atoms with van der Waals surface area (Å²) in [5.74, 6) is 7.22. The largest absolute Gasteiger partial charge is 0.495 e. The summed E-state index contributed by atoms with van der Waals surface area (Å²) in [6.07, 6.45) is 4.41. The molecule has 0 atom stereocenters. The first-order valence-electron chi connectivity index (χ1n) is 13.0. The zero-order chi connectivity index (χ0) is 30.4. The lowest BCUT2D eigenvalue weighted by Gasteiger charge is -2.26. The molecule has 0 aliphatic carbocycles. The fraction of sp³-hybridized carbons (Fsp3) is 0.286. The maximum absolute atomic E-state index is 13.2. The molecule has 1 fully saturated rings. The molecule has 3 aromatic rings. The van der Waals surface area contributed by atoms with Crippen LogP contribution in [0.25, 0.3) is 0 Å². The number of amides is 3. The van der Waals surface area contributed by atoms with Crippen molar-refractivity contribution in [3.8, 4) is 11.5 Å². The number of aromatic nitrogens is 2. The molecule has 0 bridgehead atoms. The molecule has 222 valence electrons. The number of nitrogens with one attached hydrogen (secondary N) is 3. The van der Waals surface area contributed by atoms with Gasteiger partial charge in [-0.2, -0.15) is 0 Å². The first-order chi connectivity index (χ1) is 20.2. The van der Waals surface area contributed by atoms with E-state index in [0.717, 1.165) is 42.6 Å². The van der Waals surface area contributed by atoms with Crippen LogP contribution in [-0.2, 0) is 4.79 Å². The van der Waals surface area contributed by atoms with Crippen molar-refractivity contribution < 1.29 is 19.1 Å². The van der Waals surface area contributed by atoms with Crippen LogP contribution in [0, 0.1) is 0 Å². The number of rotatable bonds is 9. The molecule has 1 aromatic heterocycles. The third-order valence-electron chi connectivity index (χ3n) is 6.87. The van der Waals surface area contributed by atoms with Crippen molar-refractivity contribution in [3.63, 3.8) is 0 Å². The highest BCUT2D eigenvalue weighted by Gasteiger charge is 2.23. The summed E-state index contributed by atoms with van der Waals surface area (Å²) in [6, 6.07) is 8.25. The molecule has 3 amide bonds. The average Bonchev–Trinajstić information content (AvgIpc) is 3.02. The van der Waals surface area contributed by atoms with E-state index in [2.05, 4.69) is 32.5 Å². The monoisotopic (exact) mass is 614 g/mol. The van der Waals surface area contributed by atoms with Gasteiger partial charge in [0.2, 0.25) is 0 Å². The number of benzene rings is 2. The van der Waals surface area contributed by atoms with Gasteiger partial charge in [-0.05, 0) is 55.6 Å². The smallest absolute Gasteiger partial charge is 0.327 e. The topological polar surface area (TPSA) is 147 Å². The highest BCUT2D eigenvalue weighted by molar-refractivity contribution is 6.41. The average molecular weight is 616 g/mol. The zero-order valence-corrected chi connectivity index (χ0v) is 24.9. The fourth-order valence-corrected chi connectivity index (χ4v) is 5.10. The van der Waals surface area contributed by atoms with Crippen LogP contribution in [0.2, 0.25) is 10.0 Å². The molecule has 5 N–H and O–H groups in total. The number of hydrazine groups is 1. The lowest BCUT2D eigenvalue weighted by molar-refractivity contribution is -0.114. The van der Waals surface area contributed by atoms with E-state index in [9.17, 15) is 9.59 Å². The predicted octanol–water partition coefficient (Wildman–Crippen LogP) is 5.07. The Hall–Kier alpha value is -4.10. The Morgan fingerprint density at radius 3 is 2.38 bits per heavy atom. The van der Waals surface area contributed by atoms with E-state index in [0.29, 0.717) is 23.1 Å². The summed E-state index contributed by atoms with van der Waals surface area (Å²) in [4.78, 5) is 35.4. The first-order valence-corrected chi connectivity index (χ1v) is 13.7. The molecule has 2 aromatic carbocycles. The Kier molecular flexibility index (Phi) is 10.1. The van der Waals surface area contributed by atoms with E-state index in [4.69, 9.17) is 38.5 Å². The van der Waals surface area contributed by atoms with E-state index in [1.54, 1.807) is 6.07 Å². The number of halogens is 2. The molecule has 12 nitrogen and oxygen atoms in total. The first kappa shape index (κ1) is 30.8. The van der Waals surface area contributed by atoms with Crippen molar-refractivity contribution in [2.24, 2.45) is 5.84 Å². The summed E-state index contributed by atoms with van der Waals surface area (Å²) in [5.41, 5.74) is 2.19. The third kappa shape index (κ3) is 6.68. The van der Waals surface area contributed by atoms with Crippen molar-refractivity contribution in [2.45, 2.75) is 18.8 Å². The van der Waals surface area contributed by atoms with Crippen molar-refractivity contribution in [1.29, 1.82) is 0 Å². The van der Waals surface area contributed by atoms with Crippen LogP contribution in [-0.4, -0.2) is 56.3 Å². The summed E-state index contributed by atoms with van der Waals surface area (Å²) in [5, 5.41) is 10.5. The molecule has 0 unspecified atom stereocenters. The van der Waals surface area contributed by atoms with Gasteiger partial charge in [0.05, 0.1) is 31.3 Å². The van der Waals surface area contributed by atoms with Gasteiger partial charge in [0.15, 0.2) is 0 Å². The number of nitrogens with two attached hydrogens (primary N) is 1. The maximum Gasteiger partial charge on any atom is 0.327 e. The molecule has 4 rings (SSSR count). The molecule has 0 saturated carbocycles. The lowest BCUT2D eigenvalue weighted by atomic mass is 9.89. The Morgan fingerprint density at radius 1 is 1.10 bits per heavy atom. The van der Waals surface area contributed by atoms with Crippen LogP contribution in [0.15, 0.2) is 49.3 Å². The number of nitrogens with zero attached hydrogens (tertiary/aromatic N) is 4. The summed E-state index contributed by atoms with van der Waals surface area (Å²) < 4.78 is 10.5. The van der Waals surface area contributed by atoms with Crippen LogP contribution >= 0.6 is 23.2 Å². The van der Waals surface area contributed by atoms with E-state index in [1.807, 2.05) is 18.2 Å². The molecule has 42 heavy (non-hydrogen) atoms. The van der Waals surface area contributed by atoms with Crippen molar-refractivity contribution in [1.82, 2.24) is 15.3 Å². The number of anilines is 5. The zero-order valence-electron chi connectivity index (χ0n) is 23.4. The van der Waals surface area contributed by atoms with Crippen molar-refractivity contribution in [3.05, 3.63) is 64.9 Å². The predicted molar refractivity (Wildman–Crippen MR) is 165 cm³/mol. The second kappa shape index (κ2) is 13.7. The minimum atomic E-state index is -0.588. The fourth-order valence-electron chi connectivity index (χ4n) is 4.51. The van der Waals surface area contributed by atoms with Crippen LogP contribution in [0.4, 0.5) is 33.5 Å². The number of hydrogen-bond acceptors (Lipinski definition) is 9. The number of urea groups is 1. The normalized spacial score (nSPS) is 13.2. The van der Waals surface area contributed by atoms with Crippen molar-refractivity contribution >= 4 is 63.8 Å². The molecule has 2 heterocycles. The van der Waals surface area contributed by atoms with E-state index < -0.39 is 11.9 Å². The van der Waals surface area contributed by atoms with E-state index in [-0.39, 0.29) is 33.0 Å². The Balaban J connectivity index is 1.59. The summed E-state index contributed by atoms with van der Waals surface area (Å²) in [6.45, 7) is 5.39. The Morgan fingerprint density at radius 2 is 1.76 bits per heavy atom. The number of carbonyl (C=O) groups is 2. The van der Waals surface area contributed by atoms with Crippen LogP contribution in [0.1, 0.15) is 24.3 Å². The highest BCUT2D eigenvalue weighted by atomic mass is 35.5. The Labute approximate surface area is 253 Å². The lowest BCUT2D eigenvalue weighted by Crippen LogP contribution is -2.36. The van der Waals surface area contributed by atoms with Gasteiger partial charge in [0, 0.05) is 19.2 Å². The van der Waals surface area contributed by atoms with Gasteiger partial charge in [0.1, 0.15) is 39.5 Å². The second-order valence-corrected chi connectivity index (χ2v) is 10.1.